The third kappa shape index (κ3) is 4.72. The molecule has 0 amide bonds. The van der Waals surface area contributed by atoms with Crippen LogP contribution in [0, 0.1) is 0 Å². The van der Waals surface area contributed by atoms with Gasteiger partial charge in [-0.05, 0) is 45.2 Å². The molecular weight excluding hydrogens is 452 g/mol. The molecule has 3 aromatic rings. The van der Waals surface area contributed by atoms with Crippen molar-refractivity contribution in [2.24, 2.45) is 0 Å². The molecule has 184 valence electrons. The Balaban J connectivity index is 1.76. The van der Waals surface area contributed by atoms with Crippen molar-refractivity contribution in [1.82, 2.24) is 4.98 Å². The number of carbonyl (C=O) groups excluding carboxylic acids is 1. The Kier molecular flexibility index (Phi) is 6.53. The van der Waals surface area contributed by atoms with E-state index >= 15 is 0 Å². The van der Waals surface area contributed by atoms with Crippen LogP contribution < -0.4 is 15.9 Å². The second-order valence-corrected chi connectivity index (χ2v) is 8.89. The van der Waals surface area contributed by atoms with Gasteiger partial charge >= 0.3 is 5.97 Å². The predicted molar refractivity (Wildman–Crippen MR) is 129 cm³/mol. The fourth-order valence-electron chi connectivity index (χ4n) is 4.15. The van der Waals surface area contributed by atoms with E-state index in [2.05, 4.69) is 4.98 Å². The number of allylic oxidation sites excluding steroid dienone is 1. The number of aromatic hydroxyl groups is 1. The fraction of sp³-hybridized carbons (Fsp3) is 0.346. The van der Waals surface area contributed by atoms with E-state index in [1.54, 1.807) is 32.2 Å². The fourth-order valence-corrected chi connectivity index (χ4v) is 4.15. The van der Waals surface area contributed by atoms with Crippen LogP contribution in [0.15, 0.2) is 51.3 Å². The third-order valence-corrected chi connectivity index (χ3v) is 6.44. The SMILES string of the molecule is C/C=C(/C)C(=O)O[C@@H]1Cc2c(cc3oc(CO)cc(=O)c3c2O)O[C@@]1(C)CCc1ccc(N)nc1. The van der Waals surface area contributed by atoms with E-state index in [0.717, 1.165) is 11.6 Å². The number of hydrogen-bond acceptors (Lipinski definition) is 9. The number of aromatic nitrogens is 1. The van der Waals surface area contributed by atoms with Crippen LogP contribution in [0.25, 0.3) is 11.0 Å². The second kappa shape index (κ2) is 9.42. The molecule has 1 aliphatic rings. The lowest BCUT2D eigenvalue weighted by Gasteiger charge is -2.42. The zero-order chi connectivity index (χ0) is 25.3. The van der Waals surface area contributed by atoms with Gasteiger partial charge in [0.2, 0.25) is 0 Å². The Morgan fingerprint density at radius 2 is 2.14 bits per heavy atom. The van der Waals surface area contributed by atoms with E-state index in [-0.39, 0.29) is 28.9 Å². The van der Waals surface area contributed by atoms with Crippen molar-refractivity contribution in [3.8, 4) is 11.5 Å². The minimum absolute atomic E-state index is 0.0178. The first-order valence-corrected chi connectivity index (χ1v) is 11.3. The highest BCUT2D eigenvalue weighted by Gasteiger charge is 2.45. The molecule has 0 unspecified atom stereocenters. The number of aliphatic hydroxyl groups excluding tert-OH is 1. The van der Waals surface area contributed by atoms with Gasteiger partial charge < -0.3 is 29.8 Å². The summed E-state index contributed by atoms with van der Waals surface area (Å²) in [6.07, 6.45) is 3.77. The van der Waals surface area contributed by atoms with Crippen molar-refractivity contribution < 1.29 is 28.9 Å². The monoisotopic (exact) mass is 480 g/mol. The molecule has 2 atom stereocenters. The number of nitrogen functional groups attached to an aromatic ring is 1. The number of esters is 1. The summed E-state index contributed by atoms with van der Waals surface area (Å²) < 4.78 is 17.8. The number of carbonyl (C=O) groups is 1. The molecule has 9 heteroatoms. The average Bonchev–Trinajstić information content (AvgIpc) is 2.83. The summed E-state index contributed by atoms with van der Waals surface area (Å²) >= 11 is 0. The largest absolute Gasteiger partial charge is 0.507 e. The van der Waals surface area contributed by atoms with Crippen LogP contribution in [0.1, 0.15) is 44.1 Å². The Hall–Kier alpha value is -3.85. The number of phenols is 1. The molecule has 0 aliphatic carbocycles. The van der Waals surface area contributed by atoms with Gasteiger partial charge in [0.1, 0.15) is 52.4 Å². The molecule has 0 spiro atoms. The first-order chi connectivity index (χ1) is 16.6. The highest BCUT2D eigenvalue weighted by molar-refractivity contribution is 5.88. The van der Waals surface area contributed by atoms with E-state index in [1.165, 1.54) is 6.07 Å². The van der Waals surface area contributed by atoms with Gasteiger partial charge in [-0.2, -0.15) is 0 Å². The highest BCUT2D eigenvalue weighted by Crippen LogP contribution is 2.44. The van der Waals surface area contributed by atoms with Crippen molar-refractivity contribution in [3.05, 3.63) is 69.2 Å². The molecule has 0 fully saturated rings. The normalized spacial score (nSPS) is 19.8. The molecule has 2 aromatic heterocycles. The van der Waals surface area contributed by atoms with Crippen molar-refractivity contribution in [2.45, 2.75) is 58.3 Å². The molecule has 35 heavy (non-hydrogen) atoms. The molecule has 3 heterocycles. The minimum atomic E-state index is -0.965. The number of aliphatic hydroxyl groups is 1. The summed E-state index contributed by atoms with van der Waals surface area (Å²) in [5.74, 6) is 0.0373. The highest BCUT2D eigenvalue weighted by atomic mass is 16.6. The maximum atomic E-state index is 12.7. The molecule has 0 radical (unpaired) electrons. The van der Waals surface area contributed by atoms with Crippen LogP contribution in [0.2, 0.25) is 0 Å². The van der Waals surface area contributed by atoms with E-state index < -0.39 is 29.7 Å². The lowest BCUT2D eigenvalue weighted by atomic mass is 9.84. The van der Waals surface area contributed by atoms with E-state index in [4.69, 9.17) is 19.6 Å². The first kappa shape index (κ1) is 24.3. The van der Waals surface area contributed by atoms with Gasteiger partial charge in [-0.25, -0.2) is 9.78 Å². The molecule has 4 N–H and O–H groups in total. The Morgan fingerprint density at radius 1 is 1.37 bits per heavy atom. The van der Waals surface area contributed by atoms with Crippen LogP contribution in [0.4, 0.5) is 5.82 Å². The minimum Gasteiger partial charge on any atom is -0.507 e. The van der Waals surface area contributed by atoms with Gasteiger partial charge in [0, 0.05) is 35.9 Å². The molecule has 0 saturated carbocycles. The Morgan fingerprint density at radius 3 is 2.80 bits per heavy atom. The van der Waals surface area contributed by atoms with Crippen LogP contribution >= 0.6 is 0 Å². The molecule has 0 saturated heterocycles. The van der Waals surface area contributed by atoms with E-state index in [0.29, 0.717) is 35.5 Å². The molecule has 4 rings (SSSR count). The predicted octanol–water partition coefficient (Wildman–Crippen LogP) is 3.17. The third-order valence-electron chi connectivity index (χ3n) is 6.44. The smallest absolute Gasteiger partial charge is 0.333 e. The van der Waals surface area contributed by atoms with Crippen molar-refractivity contribution >= 4 is 22.8 Å². The van der Waals surface area contributed by atoms with Gasteiger partial charge in [0.05, 0.1) is 0 Å². The summed E-state index contributed by atoms with van der Waals surface area (Å²) in [7, 11) is 0. The summed E-state index contributed by atoms with van der Waals surface area (Å²) in [6, 6.07) is 6.25. The van der Waals surface area contributed by atoms with Crippen LogP contribution in [0.5, 0.6) is 11.5 Å². The number of benzene rings is 1. The summed E-state index contributed by atoms with van der Waals surface area (Å²) in [4.78, 5) is 29.4. The Labute approximate surface area is 201 Å². The summed E-state index contributed by atoms with van der Waals surface area (Å²) in [6.45, 7) is 4.78. The maximum absolute atomic E-state index is 12.7. The van der Waals surface area contributed by atoms with Crippen LogP contribution in [-0.2, 0) is 29.0 Å². The second-order valence-electron chi connectivity index (χ2n) is 8.89. The van der Waals surface area contributed by atoms with Crippen molar-refractivity contribution in [2.75, 3.05) is 5.73 Å². The maximum Gasteiger partial charge on any atom is 0.333 e. The average molecular weight is 481 g/mol. The van der Waals surface area contributed by atoms with Crippen molar-refractivity contribution in [1.29, 1.82) is 0 Å². The van der Waals surface area contributed by atoms with Gasteiger partial charge in [-0.3, -0.25) is 4.79 Å². The molecule has 1 aromatic carbocycles. The summed E-state index contributed by atoms with van der Waals surface area (Å²) in [5, 5.41) is 20.4. The number of phenolic OH excluding ortho intramolecular Hbond substituents is 1. The number of ether oxygens (including phenoxy) is 2. The quantitative estimate of drug-likeness (QED) is 0.358. The van der Waals surface area contributed by atoms with Gasteiger partial charge in [0.15, 0.2) is 5.43 Å². The lowest BCUT2D eigenvalue weighted by Crippen LogP contribution is -2.51. The standard InChI is InChI=1S/C26H28N2O7/c1-4-14(2)25(32)34-21-10-17-19(11-20-23(24(17)31)18(30)9-16(13-29)33-20)35-26(21,3)8-7-15-5-6-22(27)28-12-15/h4-6,9,11-12,21,29,31H,7-8,10,13H2,1-3H3,(H2,27,28)/b14-4-/t21-,26+/m1/s1. The molecular formula is C26H28N2O7. The number of aryl methyl sites for hydroxylation is 1. The number of nitrogens with two attached hydrogens (primary N) is 1. The van der Waals surface area contributed by atoms with Crippen LogP contribution in [-0.4, -0.2) is 32.9 Å². The lowest BCUT2D eigenvalue weighted by molar-refractivity contribution is -0.158. The first-order valence-electron chi connectivity index (χ1n) is 11.3. The zero-order valence-corrected chi connectivity index (χ0v) is 19.8. The number of hydrogen-bond donors (Lipinski definition) is 3. The molecule has 9 nitrogen and oxygen atoms in total. The summed E-state index contributed by atoms with van der Waals surface area (Å²) in [5.41, 5.74) is 6.06. The molecule has 1 aliphatic heterocycles. The number of fused-ring (bicyclic) bond motifs is 2. The van der Waals surface area contributed by atoms with Gasteiger partial charge in [0.25, 0.3) is 0 Å². The van der Waals surface area contributed by atoms with E-state index in [9.17, 15) is 19.8 Å². The molecule has 0 bridgehead atoms. The number of pyridine rings is 1. The Bertz CT molecular complexity index is 1360. The topological polar surface area (TPSA) is 145 Å². The van der Waals surface area contributed by atoms with E-state index in [1.807, 2.05) is 13.0 Å². The van der Waals surface area contributed by atoms with Gasteiger partial charge in [-0.15, -0.1) is 0 Å². The zero-order valence-electron chi connectivity index (χ0n) is 19.8. The van der Waals surface area contributed by atoms with Crippen LogP contribution in [0.3, 0.4) is 0 Å². The van der Waals surface area contributed by atoms with Gasteiger partial charge in [-0.1, -0.05) is 12.1 Å². The van der Waals surface area contributed by atoms with Crippen molar-refractivity contribution in [3.63, 3.8) is 0 Å². The number of rotatable bonds is 6. The number of nitrogens with zero attached hydrogens (tertiary/aromatic N) is 1. The number of anilines is 1.